The summed E-state index contributed by atoms with van der Waals surface area (Å²) in [5, 5.41) is 15.2. The van der Waals surface area contributed by atoms with E-state index in [0.29, 0.717) is 11.1 Å². The second-order valence-electron chi connectivity index (χ2n) is 13.7. The molecular weight excluding hydrogens is 546 g/mol. The molecule has 4 aliphatic carbocycles. The van der Waals surface area contributed by atoms with Crippen LogP contribution >= 0.6 is 0 Å². The van der Waals surface area contributed by atoms with E-state index in [4.69, 9.17) is 18.9 Å². The molecule has 11 heteroatoms. The summed E-state index contributed by atoms with van der Waals surface area (Å²) in [5.74, 6) is -5.08. The molecule has 42 heavy (non-hydrogen) atoms. The van der Waals surface area contributed by atoms with E-state index in [9.17, 15) is 29.1 Å². The van der Waals surface area contributed by atoms with E-state index < -0.39 is 88.5 Å². The molecule has 0 unspecified atom stereocenters. The van der Waals surface area contributed by atoms with Crippen LogP contribution in [0.4, 0.5) is 4.79 Å². The van der Waals surface area contributed by atoms with Gasteiger partial charge in [-0.25, -0.2) is 4.79 Å². The Bertz CT molecular complexity index is 1260. The molecule has 1 amide bonds. The number of carbonyl (C=O) groups is 5. The van der Waals surface area contributed by atoms with Gasteiger partial charge in [0.15, 0.2) is 11.4 Å². The van der Waals surface area contributed by atoms with Crippen molar-refractivity contribution in [3.8, 4) is 0 Å². The van der Waals surface area contributed by atoms with Crippen molar-refractivity contribution >= 4 is 29.8 Å². The normalized spacial score (nSPS) is 36.1. The van der Waals surface area contributed by atoms with Crippen LogP contribution in [0.2, 0.25) is 0 Å². The van der Waals surface area contributed by atoms with Gasteiger partial charge in [0.05, 0.1) is 5.60 Å². The predicted octanol–water partition coefficient (Wildman–Crippen LogP) is 3.03. The molecule has 4 rings (SSSR count). The molecule has 4 aliphatic rings. The minimum Gasteiger partial charge on any atom is -0.461 e. The molecule has 0 aliphatic heterocycles. The Morgan fingerprint density at radius 3 is 2.29 bits per heavy atom. The highest BCUT2D eigenvalue weighted by atomic mass is 16.6. The molecule has 0 aromatic heterocycles. The van der Waals surface area contributed by atoms with Gasteiger partial charge in [-0.3, -0.25) is 19.2 Å². The van der Waals surface area contributed by atoms with Crippen molar-refractivity contribution in [3.05, 3.63) is 23.3 Å². The van der Waals surface area contributed by atoms with Crippen molar-refractivity contribution < 1.29 is 48.0 Å². The average molecular weight is 590 g/mol. The van der Waals surface area contributed by atoms with Crippen LogP contribution in [-0.2, 0) is 38.1 Å². The van der Waals surface area contributed by atoms with Crippen LogP contribution in [-0.4, -0.2) is 70.9 Å². The summed E-state index contributed by atoms with van der Waals surface area (Å²) in [6.07, 6.45) is 2.05. The van der Waals surface area contributed by atoms with Gasteiger partial charge in [-0.05, 0) is 45.3 Å². The van der Waals surface area contributed by atoms with Gasteiger partial charge in [-0.15, -0.1) is 0 Å². The summed E-state index contributed by atoms with van der Waals surface area (Å²) in [5.41, 5.74) is -3.17. The van der Waals surface area contributed by atoms with E-state index in [0.717, 1.165) is 0 Å². The lowest BCUT2D eigenvalue weighted by Crippen LogP contribution is -2.63. The maximum absolute atomic E-state index is 13.3. The highest BCUT2D eigenvalue weighted by Gasteiger charge is 2.87. The van der Waals surface area contributed by atoms with Gasteiger partial charge in [0.1, 0.15) is 24.9 Å². The summed E-state index contributed by atoms with van der Waals surface area (Å²) >= 11 is 0. The zero-order valence-corrected chi connectivity index (χ0v) is 25.9. The van der Waals surface area contributed by atoms with Gasteiger partial charge < -0.3 is 29.4 Å². The topological polar surface area (TPSA) is 155 Å². The van der Waals surface area contributed by atoms with Gasteiger partial charge >= 0.3 is 24.0 Å². The fourth-order valence-corrected chi connectivity index (χ4v) is 7.82. The molecule has 8 atom stereocenters. The highest BCUT2D eigenvalue weighted by molar-refractivity contribution is 6.00. The first-order valence-electron chi connectivity index (χ1n) is 14.4. The van der Waals surface area contributed by atoms with Crippen molar-refractivity contribution in [1.82, 2.24) is 5.32 Å². The van der Waals surface area contributed by atoms with Crippen molar-refractivity contribution in [2.45, 2.75) is 91.6 Å². The molecule has 232 valence electrons. The van der Waals surface area contributed by atoms with Crippen LogP contribution in [0, 0.1) is 35.0 Å². The van der Waals surface area contributed by atoms with Crippen LogP contribution < -0.4 is 5.32 Å². The van der Waals surface area contributed by atoms with E-state index in [1.165, 1.54) is 13.8 Å². The molecule has 0 radical (unpaired) electrons. The average Bonchev–Trinajstić information content (AvgIpc) is 3.24. The predicted molar refractivity (Wildman–Crippen MR) is 149 cm³/mol. The zero-order valence-electron chi connectivity index (χ0n) is 25.9. The lowest BCUT2D eigenvalue weighted by Gasteiger charge is -2.52. The second kappa shape index (κ2) is 10.5. The Kier molecular flexibility index (Phi) is 7.93. The first-order valence-corrected chi connectivity index (χ1v) is 14.4. The Morgan fingerprint density at radius 1 is 1.07 bits per heavy atom. The number of alkyl carbamates (subject to hydrolysis) is 1. The molecule has 0 bridgehead atoms. The quantitative estimate of drug-likeness (QED) is 0.268. The fourth-order valence-electron chi connectivity index (χ4n) is 7.82. The van der Waals surface area contributed by atoms with Crippen molar-refractivity contribution in [1.29, 1.82) is 0 Å². The molecule has 11 nitrogen and oxygen atoms in total. The number of ketones is 1. The first kappa shape index (κ1) is 31.7. The van der Waals surface area contributed by atoms with Gasteiger partial charge in [0.25, 0.3) is 0 Å². The lowest BCUT2D eigenvalue weighted by molar-refractivity contribution is -0.219. The molecule has 0 aromatic carbocycles. The van der Waals surface area contributed by atoms with E-state index in [1.807, 2.05) is 19.9 Å². The summed E-state index contributed by atoms with van der Waals surface area (Å²) in [6, 6.07) is 0. The Labute approximate surface area is 246 Å². The van der Waals surface area contributed by atoms with Gasteiger partial charge in [0, 0.05) is 48.9 Å². The minimum atomic E-state index is -1.58. The van der Waals surface area contributed by atoms with E-state index >= 15 is 0 Å². The Morgan fingerprint density at radius 2 is 1.71 bits per heavy atom. The van der Waals surface area contributed by atoms with Crippen LogP contribution in [0.25, 0.3) is 0 Å². The molecule has 0 saturated heterocycles. The highest BCUT2D eigenvalue weighted by Crippen LogP contribution is 2.76. The fraction of sp³-hybridized carbons (Fsp3) is 0.710. The third-order valence-corrected chi connectivity index (χ3v) is 9.49. The molecule has 0 aromatic rings. The minimum absolute atomic E-state index is 0.0334. The second-order valence-corrected chi connectivity index (χ2v) is 13.7. The van der Waals surface area contributed by atoms with Crippen molar-refractivity contribution in [3.63, 3.8) is 0 Å². The maximum Gasteiger partial charge on any atom is 0.408 e. The Hall–Kier alpha value is -3.21. The third-order valence-electron chi connectivity index (χ3n) is 9.49. The number of nitrogens with one attached hydrogen (secondary N) is 1. The lowest BCUT2D eigenvalue weighted by atomic mass is 9.60. The number of rotatable bonds is 6. The van der Waals surface area contributed by atoms with E-state index in [2.05, 4.69) is 5.32 Å². The summed E-state index contributed by atoms with van der Waals surface area (Å²) in [4.78, 5) is 62.8. The molecular formula is C31H43NO10. The SMILES string of the molecule is CC(=O)OCC1=C[C@H]2[C@@H]3C(C)(C)[C@]3(OC(C)=O)[C@H](OC(=O)CNC(=O)OC(C)(C)C)[C@@H](C)[C@]2(O)[C@@H]2C=C(C)C(=O)[C@@H]2C1. The van der Waals surface area contributed by atoms with Crippen LogP contribution in [0.15, 0.2) is 23.3 Å². The van der Waals surface area contributed by atoms with Gasteiger partial charge in [-0.2, -0.15) is 0 Å². The zero-order chi connectivity index (χ0) is 31.6. The van der Waals surface area contributed by atoms with Crippen LogP contribution in [0.3, 0.4) is 0 Å². The smallest absolute Gasteiger partial charge is 0.408 e. The van der Waals surface area contributed by atoms with Crippen molar-refractivity contribution in [2.24, 2.45) is 35.0 Å². The van der Waals surface area contributed by atoms with Gasteiger partial charge in [-0.1, -0.05) is 32.9 Å². The van der Waals surface area contributed by atoms with Crippen molar-refractivity contribution in [2.75, 3.05) is 13.2 Å². The maximum atomic E-state index is 13.3. The molecule has 2 saturated carbocycles. The number of allylic oxidation sites excluding steroid dienone is 1. The number of hydrogen-bond donors (Lipinski definition) is 2. The molecule has 0 spiro atoms. The number of Topliss-reactive ketones (excluding diaryl/α,β-unsaturated/α-hetero) is 1. The number of ether oxygens (including phenoxy) is 4. The summed E-state index contributed by atoms with van der Waals surface area (Å²) < 4.78 is 22.5. The number of aliphatic hydroxyl groups is 1. The number of fused-ring (bicyclic) bond motifs is 5. The number of hydrogen-bond acceptors (Lipinski definition) is 10. The first-order chi connectivity index (χ1) is 19.3. The van der Waals surface area contributed by atoms with E-state index in [-0.39, 0.29) is 18.8 Å². The number of amides is 1. The summed E-state index contributed by atoms with van der Waals surface area (Å²) in [6.45, 7) is 14.4. The molecule has 0 heterocycles. The van der Waals surface area contributed by atoms with E-state index in [1.54, 1.807) is 40.7 Å². The largest absolute Gasteiger partial charge is 0.461 e. The molecule has 2 N–H and O–H groups in total. The van der Waals surface area contributed by atoms with Crippen LogP contribution in [0.5, 0.6) is 0 Å². The van der Waals surface area contributed by atoms with Gasteiger partial charge in [0.2, 0.25) is 0 Å². The summed E-state index contributed by atoms with van der Waals surface area (Å²) in [7, 11) is 0. The monoisotopic (exact) mass is 589 g/mol. The molecule has 2 fully saturated rings. The Balaban J connectivity index is 1.76. The number of esters is 3. The van der Waals surface area contributed by atoms with Crippen LogP contribution in [0.1, 0.15) is 68.7 Å². The number of carbonyl (C=O) groups excluding carboxylic acids is 5. The standard InChI is InChI=1S/C31H43NO10/c1-15-10-21-20(24(15)36)11-19(14-39-17(3)33)12-22-25-29(8,9)31(25,41-18(4)34)26(16(2)30(21,22)38)40-23(35)13-32-27(37)42-28(5,6)7/h10,12,16,20-22,25-26,38H,11,13-14H2,1-9H3,(H,32,37)/t16-,20-,21-,22+,25-,26-,30+,31-/m1/s1. The third kappa shape index (κ3) is 5.14.